The molecule has 0 aliphatic carbocycles. The highest BCUT2D eigenvalue weighted by molar-refractivity contribution is 9.10. The molecule has 1 aromatic carbocycles. The highest BCUT2D eigenvalue weighted by Gasteiger charge is 2.28. The summed E-state index contributed by atoms with van der Waals surface area (Å²) in [5.41, 5.74) is 1.18. The average molecular weight is 257 g/mol. The Morgan fingerprint density at radius 3 is 3.08 bits per heavy atom. The van der Waals surface area contributed by atoms with Crippen LogP contribution >= 0.6 is 27.7 Å². The number of rotatable bonds is 1. The highest BCUT2D eigenvalue weighted by Crippen LogP contribution is 2.43. The van der Waals surface area contributed by atoms with Crippen LogP contribution in [0.2, 0.25) is 0 Å². The molecule has 1 aliphatic rings. The summed E-state index contributed by atoms with van der Waals surface area (Å²) in [5, 5.41) is 0. The van der Waals surface area contributed by atoms with Gasteiger partial charge in [-0.3, -0.25) is 4.79 Å². The summed E-state index contributed by atoms with van der Waals surface area (Å²) in [4.78, 5) is 12.6. The van der Waals surface area contributed by atoms with E-state index in [0.29, 0.717) is 0 Å². The molecule has 1 aromatic rings. The van der Waals surface area contributed by atoms with Crippen molar-refractivity contribution < 1.29 is 4.79 Å². The molecule has 1 heterocycles. The molecule has 0 aromatic heterocycles. The molecule has 2 rings (SSSR count). The molecule has 1 atom stereocenters. The van der Waals surface area contributed by atoms with Crippen LogP contribution in [0.4, 0.5) is 0 Å². The molecular formula is C10H9BrOS. The second-order valence-corrected chi connectivity index (χ2v) is 5.04. The lowest BCUT2D eigenvalue weighted by atomic mass is 9.98. The number of carbonyl (C=O) groups is 1. The van der Waals surface area contributed by atoms with E-state index in [9.17, 15) is 4.79 Å². The van der Waals surface area contributed by atoms with Crippen molar-refractivity contribution in [3.8, 4) is 0 Å². The summed E-state index contributed by atoms with van der Waals surface area (Å²) in [6.45, 7) is 1.67. The van der Waals surface area contributed by atoms with Gasteiger partial charge in [0.25, 0.3) is 0 Å². The molecule has 0 saturated heterocycles. The third kappa shape index (κ3) is 1.55. The van der Waals surface area contributed by atoms with Gasteiger partial charge in [0.1, 0.15) is 5.78 Å². The van der Waals surface area contributed by atoms with Gasteiger partial charge in [0.2, 0.25) is 0 Å². The van der Waals surface area contributed by atoms with Crippen molar-refractivity contribution in [3.05, 3.63) is 28.2 Å². The van der Waals surface area contributed by atoms with Crippen molar-refractivity contribution in [1.29, 1.82) is 0 Å². The van der Waals surface area contributed by atoms with Gasteiger partial charge >= 0.3 is 0 Å². The quantitative estimate of drug-likeness (QED) is 0.768. The maximum atomic E-state index is 11.3. The number of ketones is 1. The van der Waals surface area contributed by atoms with Crippen molar-refractivity contribution in [3.63, 3.8) is 0 Å². The number of carbonyl (C=O) groups excluding carboxylic acids is 1. The third-order valence-corrected chi connectivity index (χ3v) is 4.12. The van der Waals surface area contributed by atoms with Gasteiger partial charge in [0.15, 0.2) is 0 Å². The zero-order chi connectivity index (χ0) is 9.42. The van der Waals surface area contributed by atoms with Crippen LogP contribution < -0.4 is 0 Å². The summed E-state index contributed by atoms with van der Waals surface area (Å²) < 4.78 is 1.07. The second-order valence-electron chi connectivity index (χ2n) is 3.13. The SMILES string of the molecule is CC(=O)C1CSc2cccc(Br)c21. The topological polar surface area (TPSA) is 17.1 Å². The first kappa shape index (κ1) is 9.28. The van der Waals surface area contributed by atoms with E-state index in [0.717, 1.165) is 10.2 Å². The molecule has 0 N–H and O–H groups in total. The van der Waals surface area contributed by atoms with Gasteiger partial charge in [0, 0.05) is 15.1 Å². The smallest absolute Gasteiger partial charge is 0.138 e. The molecule has 0 bridgehead atoms. The fraction of sp³-hybridized carbons (Fsp3) is 0.300. The zero-order valence-electron chi connectivity index (χ0n) is 7.21. The molecule has 0 saturated carbocycles. The summed E-state index contributed by atoms with van der Waals surface area (Å²) >= 11 is 5.26. The number of Topliss-reactive ketones (excluding diaryl/α,β-unsaturated/α-hetero) is 1. The summed E-state index contributed by atoms with van der Waals surface area (Å²) in [7, 11) is 0. The Bertz CT molecular complexity index is 362. The molecule has 1 nitrogen and oxygen atoms in total. The first-order chi connectivity index (χ1) is 6.20. The molecule has 13 heavy (non-hydrogen) atoms. The number of thioether (sulfide) groups is 1. The van der Waals surface area contributed by atoms with Crippen LogP contribution in [0.25, 0.3) is 0 Å². The van der Waals surface area contributed by atoms with E-state index in [2.05, 4.69) is 22.0 Å². The van der Waals surface area contributed by atoms with E-state index in [-0.39, 0.29) is 11.7 Å². The van der Waals surface area contributed by atoms with Crippen LogP contribution in [0.15, 0.2) is 27.6 Å². The van der Waals surface area contributed by atoms with Gasteiger partial charge in [0.05, 0.1) is 5.92 Å². The monoisotopic (exact) mass is 256 g/mol. The Balaban J connectivity index is 2.52. The van der Waals surface area contributed by atoms with Crippen molar-refractivity contribution in [2.24, 2.45) is 0 Å². The van der Waals surface area contributed by atoms with Gasteiger partial charge < -0.3 is 0 Å². The minimum atomic E-state index is 0.0931. The predicted octanol–water partition coefficient (Wildman–Crippen LogP) is 3.23. The highest BCUT2D eigenvalue weighted by atomic mass is 79.9. The minimum absolute atomic E-state index is 0.0931. The molecule has 0 spiro atoms. The average Bonchev–Trinajstić information content (AvgIpc) is 2.49. The first-order valence-electron chi connectivity index (χ1n) is 4.12. The summed E-state index contributed by atoms with van der Waals surface area (Å²) in [6, 6.07) is 6.09. The lowest BCUT2D eigenvalue weighted by Gasteiger charge is -2.07. The fourth-order valence-corrected chi connectivity index (χ4v) is 3.66. The van der Waals surface area contributed by atoms with E-state index in [1.165, 1.54) is 10.5 Å². The van der Waals surface area contributed by atoms with Gasteiger partial charge in [-0.2, -0.15) is 0 Å². The Morgan fingerprint density at radius 1 is 1.62 bits per heavy atom. The Labute approximate surface area is 90.0 Å². The molecular weight excluding hydrogens is 248 g/mol. The summed E-state index contributed by atoms with van der Waals surface area (Å²) in [5.74, 6) is 1.25. The van der Waals surface area contributed by atoms with Crippen molar-refractivity contribution in [2.45, 2.75) is 17.7 Å². The lowest BCUT2D eigenvalue weighted by Crippen LogP contribution is -2.07. The largest absolute Gasteiger partial charge is 0.299 e. The number of halogens is 1. The molecule has 1 aliphatic heterocycles. The van der Waals surface area contributed by atoms with Gasteiger partial charge in [-0.15, -0.1) is 11.8 Å². The molecule has 1 unspecified atom stereocenters. The van der Waals surface area contributed by atoms with E-state index < -0.39 is 0 Å². The number of fused-ring (bicyclic) bond motifs is 1. The molecule has 68 valence electrons. The number of hydrogen-bond acceptors (Lipinski definition) is 2. The van der Waals surface area contributed by atoms with Crippen molar-refractivity contribution in [2.75, 3.05) is 5.75 Å². The van der Waals surface area contributed by atoms with Crippen LogP contribution in [-0.2, 0) is 4.79 Å². The Hall–Kier alpha value is -0.280. The second kappa shape index (κ2) is 3.46. The lowest BCUT2D eigenvalue weighted by molar-refractivity contribution is -0.117. The third-order valence-electron chi connectivity index (χ3n) is 2.26. The zero-order valence-corrected chi connectivity index (χ0v) is 9.61. The van der Waals surface area contributed by atoms with E-state index >= 15 is 0 Å². The van der Waals surface area contributed by atoms with Crippen LogP contribution in [-0.4, -0.2) is 11.5 Å². The minimum Gasteiger partial charge on any atom is -0.299 e. The van der Waals surface area contributed by atoms with Gasteiger partial charge in [-0.25, -0.2) is 0 Å². The molecule has 0 radical (unpaired) electrons. The van der Waals surface area contributed by atoms with E-state index in [4.69, 9.17) is 0 Å². The van der Waals surface area contributed by atoms with Crippen LogP contribution in [0.1, 0.15) is 18.4 Å². The van der Waals surface area contributed by atoms with Gasteiger partial charge in [-0.1, -0.05) is 22.0 Å². The standard InChI is InChI=1S/C10H9BrOS/c1-6(12)7-5-13-9-4-2-3-8(11)10(7)9/h2-4,7H,5H2,1H3. The van der Waals surface area contributed by atoms with Crippen LogP contribution in [0, 0.1) is 0 Å². The summed E-state index contributed by atoms with van der Waals surface area (Å²) in [6.07, 6.45) is 0. The van der Waals surface area contributed by atoms with Crippen molar-refractivity contribution >= 4 is 33.5 Å². The van der Waals surface area contributed by atoms with E-state index in [1.807, 2.05) is 12.1 Å². The first-order valence-corrected chi connectivity index (χ1v) is 5.89. The maximum Gasteiger partial charge on any atom is 0.138 e. The number of hydrogen-bond donors (Lipinski definition) is 0. The van der Waals surface area contributed by atoms with Crippen LogP contribution in [0.3, 0.4) is 0 Å². The fourth-order valence-electron chi connectivity index (χ4n) is 1.56. The molecule has 3 heteroatoms. The normalized spacial score (nSPS) is 20.0. The Kier molecular flexibility index (Phi) is 2.47. The molecule has 0 amide bonds. The van der Waals surface area contributed by atoms with Gasteiger partial charge in [-0.05, 0) is 24.6 Å². The maximum absolute atomic E-state index is 11.3. The van der Waals surface area contributed by atoms with Crippen molar-refractivity contribution in [1.82, 2.24) is 0 Å². The Morgan fingerprint density at radius 2 is 2.38 bits per heavy atom. The number of benzene rings is 1. The van der Waals surface area contributed by atoms with Crippen LogP contribution in [0.5, 0.6) is 0 Å². The van der Waals surface area contributed by atoms with E-state index in [1.54, 1.807) is 18.7 Å². The predicted molar refractivity (Wildman–Crippen MR) is 58.3 cm³/mol. The molecule has 0 fully saturated rings.